The van der Waals surface area contributed by atoms with Gasteiger partial charge in [-0.2, -0.15) is 0 Å². The van der Waals surface area contributed by atoms with Crippen LogP contribution in [0.4, 0.5) is 0 Å². The molecule has 1 heteroatoms. The second kappa shape index (κ2) is 7.69. The van der Waals surface area contributed by atoms with Gasteiger partial charge in [-0.3, -0.25) is 0 Å². The van der Waals surface area contributed by atoms with E-state index in [1.807, 2.05) is 0 Å². The zero-order valence-electron chi connectivity index (χ0n) is 12.6. The highest BCUT2D eigenvalue weighted by Crippen LogP contribution is 2.27. The average molecular weight is 259 g/mol. The van der Waals surface area contributed by atoms with Crippen molar-refractivity contribution in [2.24, 2.45) is 5.92 Å². The molecule has 0 aliphatic heterocycles. The van der Waals surface area contributed by atoms with Crippen LogP contribution in [0.25, 0.3) is 0 Å². The molecule has 1 aliphatic rings. The van der Waals surface area contributed by atoms with Gasteiger partial charge in [-0.05, 0) is 37.2 Å². The highest BCUT2D eigenvalue weighted by atomic mass is 14.9. The van der Waals surface area contributed by atoms with Gasteiger partial charge in [-0.15, -0.1) is 0 Å². The Hall–Kier alpha value is -0.820. The second-order valence-electron chi connectivity index (χ2n) is 6.02. The summed E-state index contributed by atoms with van der Waals surface area (Å²) < 4.78 is 0. The van der Waals surface area contributed by atoms with Crippen LogP contribution in [0.2, 0.25) is 0 Å². The van der Waals surface area contributed by atoms with Gasteiger partial charge < -0.3 is 5.32 Å². The van der Waals surface area contributed by atoms with Gasteiger partial charge in [0.2, 0.25) is 0 Å². The maximum Gasteiger partial charge on any atom is 0.0320 e. The number of benzene rings is 1. The van der Waals surface area contributed by atoms with E-state index in [9.17, 15) is 0 Å². The average Bonchev–Trinajstić information content (AvgIpc) is 2.70. The van der Waals surface area contributed by atoms with Crippen molar-refractivity contribution in [3.05, 3.63) is 35.9 Å². The Morgan fingerprint density at radius 3 is 2.53 bits per heavy atom. The minimum atomic E-state index is 0.532. The van der Waals surface area contributed by atoms with E-state index in [2.05, 4.69) is 49.5 Å². The number of hydrogen-bond donors (Lipinski definition) is 1. The van der Waals surface area contributed by atoms with Crippen LogP contribution in [0.5, 0.6) is 0 Å². The van der Waals surface area contributed by atoms with Crippen LogP contribution >= 0.6 is 0 Å². The molecule has 1 saturated carbocycles. The molecule has 0 heterocycles. The van der Waals surface area contributed by atoms with Crippen molar-refractivity contribution < 1.29 is 0 Å². The van der Waals surface area contributed by atoms with Gasteiger partial charge in [0.25, 0.3) is 0 Å². The third-order valence-corrected chi connectivity index (χ3v) is 4.71. The van der Waals surface area contributed by atoms with Gasteiger partial charge in [0.1, 0.15) is 0 Å². The van der Waals surface area contributed by atoms with Crippen molar-refractivity contribution in [2.45, 2.75) is 70.9 Å². The molecular weight excluding hydrogens is 230 g/mol. The van der Waals surface area contributed by atoms with Gasteiger partial charge in [0.05, 0.1) is 0 Å². The van der Waals surface area contributed by atoms with Crippen LogP contribution in [0.15, 0.2) is 30.3 Å². The van der Waals surface area contributed by atoms with Crippen LogP contribution < -0.4 is 5.32 Å². The molecule has 0 spiro atoms. The summed E-state index contributed by atoms with van der Waals surface area (Å²) in [7, 11) is 0. The van der Waals surface area contributed by atoms with Crippen LogP contribution in [0.1, 0.15) is 70.4 Å². The van der Waals surface area contributed by atoms with Crippen LogP contribution in [0, 0.1) is 5.92 Å². The van der Waals surface area contributed by atoms with Crippen LogP contribution in [-0.2, 0) is 0 Å². The molecule has 0 amide bonds. The maximum atomic E-state index is 3.91. The highest BCUT2D eigenvalue weighted by molar-refractivity contribution is 5.18. The van der Waals surface area contributed by atoms with Crippen LogP contribution in [-0.4, -0.2) is 6.04 Å². The Labute approximate surface area is 118 Å². The lowest BCUT2D eigenvalue weighted by Crippen LogP contribution is -2.32. The molecule has 1 aromatic carbocycles. The summed E-state index contributed by atoms with van der Waals surface area (Å²) in [5, 5.41) is 3.91. The third-order valence-electron chi connectivity index (χ3n) is 4.71. The summed E-state index contributed by atoms with van der Waals surface area (Å²) >= 11 is 0. The number of hydrogen-bond acceptors (Lipinski definition) is 1. The molecule has 0 saturated heterocycles. The number of nitrogens with one attached hydrogen (secondary N) is 1. The standard InChI is InChI=1S/C18H29N/c1-3-15-9-8-12-17(14-13-15)19-18(4-2)16-10-6-5-7-11-16/h5-7,10-11,15,17-19H,3-4,8-9,12-14H2,1-2H3. The first-order valence-corrected chi connectivity index (χ1v) is 8.14. The topological polar surface area (TPSA) is 12.0 Å². The quantitative estimate of drug-likeness (QED) is 0.727. The summed E-state index contributed by atoms with van der Waals surface area (Å²) in [4.78, 5) is 0. The van der Waals surface area contributed by atoms with E-state index < -0.39 is 0 Å². The number of rotatable bonds is 5. The zero-order valence-corrected chi connectivity index (χ0v) is 12.6. The third kappa shape index (κ3) is 4.35. The van der Waals surface area contributed by atoms with E-state index in [-0.39, 0.29) is 0 Å². The Morgan fingerprint density at radius 1 is 1.05 bits per heavy atom. The molecule has 1 aliphatic carbocycles. The Balaban J connectivity index is 1.91. The van der Waals surface area contributed by atoms with E-state index in [4.69, 9.17) is 0 Å². The minimum Gasteiger partial charge on any atom is -0.307 e. The molecule has 1 fully saturated rings. The van der Waals surface area contributed by atoms with E-state index >= 15 is 0 Å². The molecule has 106 valence electrons. The van der Waals surface area contributed by atoms with E-state index in [0.29, 0.717) is 6.04 Å². The second-order valence-corrected chi connectivity index (χ2v) is 6.02. The van der Waals surface area contributed by atoms with Crippen molar-refractivity contribution in [2.75, 3.05) is 0 Å². The van der Waals surface area contributed by atoms with Crippen molar-refractivity contribution in [1.82, 2.24) is 5.32 Å². The summed E-state index contributed by atoms with van der Waals surface area (Å²) in [6.45, 7) is 4.63. The molecule has 0 aromatic heterocycles. The Bertz CT molecular complexity index is 346. The van der Waals surface area contributed by atoms with Crippen molar-refractivity contribution in [1.29, 1.82) is 0 Å². The maximum absolute atomic E-state index is 3.91. The molecule has 1 N–H and O–H groups in total. The lowest BCUT2D eigenvalue weighted by molar-refractivity contribution is 0.382. The van der Waals surface area contributed by atoms with Gasteiger partial charge in [0, 0.05) is 12.1 Å². The first-order chi connectivity index (χ1) is 9.33. The highest BCUT2D eigenvalue weighted by Gasteiger charge is 2.20. The monoisotopic (exact) mass is 259 g/mol. The minimum absolute atomic E-state index is 0.532. The largest absolute Gasteiger partial charge is 0.307 e. The van der Waals surface area contributed by atoms with E-state index in [1.54, 1.807) is 0 Å². The first-order valence-electron chi connectivity index (χ1n) is 8.14. The van der Waals surface area contributed by atoms with Gasteiger partial charge in [-0.1, -0.05) is 63.4 Å². The van der Waals surface area contributed by atoms with Crippen molar-refractivity contribution >= 4 is 0 Å². The molecule has 1 aromatic rings. The SMILES string of the molecule is CCC1CCCC(NC(CC)c2ccccc2)CC1. The summed E-state index contributed by atoms with van der Waals surface area (Å²) in [6, 6.07) is 12.2. The molecule has 2 rings (SSSR count). The molecule has 3 atom stereocenters. The molecule has 1 nitrogen and oxygen atoms in total. The fourth-order valence-electron chi connectivity index (χ4n) is 3.37. The predicted molar refractivity (Wildman–Crippen MR) is 83.3 cm³/mol. The summed E-state index contributed by atoms with van der Waals surface area (Å²) in [6.07, 6.45) is 9.53. The molecule has 0 radical (unpaired) electrons. The Kier molecular flexibility index (Phi) is 5.91. The Morgan fingerprint density at radius 2 is 1.84 bits per heavy atom. The fourth-order valence-corrected chi connectivity index (χ4v) is 3.37. The van der Waals surface area contributed by atoms with Gasteiger partial charge >= 0.3 is 0 Å². The molecule has 3 unspecified atom stereocenters. The van der Waals surface area contributed by atoms with Crippen LogP contribution in [0.3, 0.4) is 0 Å². The van der Waals surface area contributed by atoms with E-state index in [0.717, 1.165) is 12.0 Å². The lowest BCUT2D eigenvalue weighted by atomic mass is 9.97. The summed E-state index contributed by atoms with van der Waals surface area (Å²) in [5.41, 5.74) is 1.45. The molecule has 0 bridgehead atoms. The fraction of sp³-hybridized carbons (Fsp3) is 0.667. The lowest BCUT2D eigenvalue weighted by Gasteiger charge is -2.24. The van der Waals surface area contributed by atoms with Gasteiger partial charge in [-0.25, -0.2) is 0 Å². The summed E-state index contributed by atoms with van der Waals surface area (Å²) in [5.74, 6) is 0.976. The predicted octanol–water partition coefficient (Wildman–Crippen LogP) is 5.09. The van der Waals surface area contributed by atoms with Gasteiger partial charge in [0.15, 0.2) is 0 Å². The van der Waals surface area contributed by atoms with Crippen molar-refractivity contribution in [3.8, 4) is 0 Å². The smallest absolute Gasteiger partial charge is 0.0320 e. The van der Waals surface area contributed by atoms with Crippen molar-refractivity contribution in [3.63, 3.8) is 0 Å². The first kappa shape index (κ1) is 14.6. The molecular formula is C18H29N. The van der Waals surface area contributed by atoms with E-state index in [1.165, 1.54) is 50.5 Å². The molecule has 19 heavy (non-hydrogen) atoms. The zero-order chi connectivity index (χ0) is 13.5. The normalized spacial score (nSPS) is 25.8.